The Bertz CT molecular complexity index is 392. The number of anilines is 1. The fourth-order valence-corrected chi connectivity index (χ4v) is 1.87. The molecule has 1 aromatic heterocycles. The second-order valence-electron chi connectivity index (χ2n) is 4.07. The summed E-state index contributed by atoms with van der Waals surface area (Å²) in [6.07, 6.45) is -0.823. The Morgan fingerprint density at radius 1 is 1.32 bits per heavy atom. The maximum atomic E-state index is 9.32. The molecule has 0 spiro atoms. The largest absolute Gasteiger partial charge is 0.461 e. The van der Waals surface area contributed by atoms with Crippen LogP contribution in [0, 0.1) is 0 Å². The lowest BCUT2D eigenvalue weighted by Crippen LogP contribution is -2.16. The predicted octanol–water partition coefficient (Wildman–Crippen LogP) is 0.536. The standard InChI is InChI=1S/C11H20N4O3S/c1-4-12-9-13-10(18-7(2)3)15-11(14-9)19-6-8(17)5-16/h7-8,16-17H,4-6H2,1-3H3,(H,12,13,14,15). The Morgan fingerprint density at radius 2 is 2.05 bits per heavy atom. The molecule has 0 saturated heterocycles. The molecule has 1 heterocycles. The quantitative estimate of drug-likeness (QED) is 0.596. The van der Waals surface area contributed by atoms with Crippen molar-refractivity contribution in [2.45, 2.75) is 38.1 Å². The fourth-order valence-electron chi connectivity index (χ4n) is 1.13. The molecule has 7 nitrogen and oxygen atoms in total. The first-order valence-electron chi connectivity index (χ1n) is 6.13. The van der Waals surface area contributed by atoms with Crippen molar-refractivity contribution in [2.24, 2.45) is 0 Å². The normalized spacial score (nSPS) is 12.5. The van der Waals surface area contributed by atoms with E-state index in [0.717, 1.165) is 0 Å². The lowest BCUT2D eigenvalue weighted by molar-refractivity contribution is 0.113. The monoisotopic (exact) mass is 288 g/mol. The third-order valence-electron chi connectivity index (χ3n) is 1.89. The van der Waals surface area contributed by atoms with E-state index in [-0.39, 0.29) is 18.7 Å². The van der Waals surface area contributed by atoms with Crippen molar-refractivity contribution in [3.05, 3.63) is 0 Å². The van der Waals surface area contributed by atoms with Gasteiger partial charge in [0.25, 0.3) is 0 Å². The number of hydrogen-bond donors (Lipinski definition) is 3. The molecule has 3 N–H and O–H groups in total. The minimum Gasteiger partial charge on any atom is -0.461 e. The molecule has 1 aromatic rings. The van der Waals surface area contributed by atoms with E-state index in [2.05, 4.69) is 20.3 Å². The minimum absolute atomic E-state index is 0.0299. The molecule has 8 heteroatoms. The summed E-state index contributed by atoms with van der Waals surface area (Å²) in [7, 11) is 0. The number of nitrogens with zero attached hydrogens (tertiary/aromatic N) is 3. The van der Waals surface area contributed by atoms with Crippen LogP contribution < -0.4 is 10.1 Å². The van der Waals surface area contributed by atoms with E-state index >= 15 is 0 Å². The van der Waals surface area contributed by atoms with Gasteiger partial charge in [0.05, 0.1) is 18.8 Å². The van der Waals surface area contributed by atoms with Crippen LogP contribution in [0.4, 0.5) is 5.95 Å². The van der Waals surface area contributed by atoms with E-state index in [1.807, 2.05) is 20.8 Å². The van der Waals surface area contributed by atoms with Gasteiger partial charge in [-0.15, -0.1) is 0 Å². The van der Waals surface area contributed by atoms with Crippen molar-refractivity contribution in [3.8, 4) is 6.01 Å². The molecular formula is C11H20N4O3S. The number of hydrogen-bond acceptors (Lipinski definition) is 8. The second-order valence-corrected chi connectivity index (χ2v) is 5.06. The third kappa shape index (κ3) is 6.04. The van der Waals surface area contributed by atoms with Crippen molar-refractivity contribution in [1.82, 2.24) is 15.0 Å². The van der Waals surface area contributed by atoms with E-state index < -0.39 is 6.10 Å². The highest BCUT2D eigenvalue weighted by Gasteiger charge is 2.11. The van der Waals surface area contributed by atoms with Crippen molar-refractivity contribution >= 4 is 17.7 Å². The first kappa shape index (κ1) is 15.9. The number of aliphatic hydroxyl groups is 2. The van der Waals surface area contributed by atoms with E-state index in [9.17, 15) is 5.11 Å². The van der Waals surface area contributed by atoms with Crippen molar-refractivity contribution in [3.63, 3.8) is 0 Å². The summed E-state index contributed by atoms with van der Waals surface area (Å²) in [5, 5.41) is 21.5. The first-order valence-corrected chi connectivity index (χ1v) is 7.12. The number of ether oxygens (including phenoxy) is 1. The minimum atomic E-state index is -0.793. The predicted molar refractivity (Wildman–Crippen MR) is 73.6 cm³/mol. The SMILES string of the molecule is CCNc1nc(OC(C)C)nc(SCC(O)CO)n1. The lowest BCUT2D eigenvalue weighted by Gasteiger charge is -2.11. The number of aromatic nitrogens is 3. The van der Waals surface area contributed by atoms with Gasteiger partial charge in [-0.2, -0.15) is 15.0 Å². The van der Waals surface area contributed by atoms with Crippen LogP contribution in [0.2, 0.25) is 0 Å². The molecule has 0 amide bonds. The molecule has 0 aliphatic carbocycles. The molecular weight excluding hydrogens is 268 g/mol. The Kier molecular flexibility index (Phi) is 6.82. The van der Waals surface area contributed by atoms with Crippen LogP contribution in [-0.2, 0) is 0 Å². The van der Waals surface area contributed by atoms with Gasteiger partial charge >= 0.3 is 6.01 Å². The van der Waals surface area contributed by atoms with Gasteiger partial charge < -0.3 is 20.3 Å². The maximum Gasteiger partial charge on any atom is 0.322 e. The van der Waals surface area contributed by atoms with E-state index in [1.165, 1.54) is 11.8 Å². The van der Waals surface area contributed by atoms with Crippen LogP contribution in [0.5, 0.6) is 6.01 Å². The van der Waals surface area contributed by atoms with Crippen molar-refractivity contribution in [1.29, 1.82) is 0 Å². The average molecular weight is 288 g/mol. The maximum absolute atomic E-state index is 9.32. The topological polar surface area (TPSA) is 100 Å². The zero-order chi connectivity index (χ0) is 14.3. The highest BCUT2D eigenvalue weighted by molar-refractivity contribution is 7.99. The van der Waals surface area contributed by atoms with Crippen molar-refractivity contribution < 1.29 is 14.9 Å². The van der Waals surface area contributed by atoms with Gasteiger partial charge in [0, 0.05) is 12.3 Å². The molecule has 0 saturated carbocycles. The molecule has 1 rings (SSSR count). The van der Waals surface area contributed by atoms with Crippen LogP contribution in [0.3, 0.4) is 0 Å². The van der Waals surface area contributed by atoms with Gasteiger partial charge in [-0.25, -0.2) is 0 Å². The van der Waals surface area contributed by atoms with E-state index in [1.54, 1.807) is 0 Å². The molecule has 0 fully saturated rings. The highest BCUT2D eigenvalue weighted by atomic mass is 32.2. The molecule has 1 atom stereocenters. The lowest BCUT2D eigenvalue weighted by atomic mass is 10.4. The van der Waals surface area contributed by atoms with Gasteiger partial charge in [-0.05, 0) is 20.8 Å². The van der Waals surface area contributed by atoms with Crippen LogP contribution in [-0.4, -0.2) is 56.3 Å². The molecule has 0 aliphatic rings. The third-order valence-corrected chi connectivity index (χ3v) is 2.88. The molecule has 19 heavy (non-hydrogen) atoms. The zero-order valence-electron chi connectivity index (χ0n) is 11.3. The smallest absolute Gasteiger partial charge is 0.322 e. The van der Waals surface area contributed by atoms with E-state index in [4.69, 9.17) is 9.84 Å². The van der Waals surface area contributed by atoms with Crippen molar-refractivity contribution in [2.75, 3.05) is 24.2 Å². The highest BCUT2D eigenvalue weighted by Crippen LogP contribution is 2.19. The van der Waals surface area contributed by atoms with Gasteiger partial charge in [0.2, 0.25) is 5.95 Å². The number of rotatable bonds is 8. The van der Waals surface area contributed by atoms with Gasteiger partial charge in [-0.1, -0.05) is 11.8 Å². The van der Waals surface area contributed by atoms with Crippen LogP contribution in [0.1, 0.15) is 20.8 Å². The summed E-state index contributed by atoms with van der Waals surface area (Å²) in [5.41, 5.74) is 0. The number of nitrogens with one attached hydrogen (secondary N) is 1. The molecule has 0 radical (unpaired) electrons. The fraction of sp³-hybridized carbons (Fsp3) is 0.727. The van der Waals surface area contributed by atoms with E-state index in [0.29, 0.717) is 23.4 Å². The Hall–Kier alpha value is -1.12. The first-order chi connectivity index (χ1) is 9.05. The number of aliphatic hydroxyl groups excluding tert-OH is 2. The van der Waals surface area contributed by atoms with Gasteiger partial charge in [0.15, 0.2) is 5.16 Å². The second kappa shape index (κ2) is 8.13. The van der Waals surface area contributed by atoms with Crippen LogP contribution in [0.25, 0.3) is 0 Å². The summed E-state index contributed by atoms with van der Waals surface area (Å²) in [4.78, 5) is 12.5. The molecule has 0 bridgehead atoms. The van der Waals surface area contributed by atoms with Gasteiger partial charge in [0.1, 0.15) is 0 Å². The van der Waals surface area contributed by atoms with Crippen LogP contribution >= 0.6 is 11.8 Å². The molecule has 1 unspecified atom stereocenters. The molecule has 0 aromatic carbocycles. The average Bonchev–Trinajstić information content (AvgIpc) is 2.35. The molecule has 108 valence electrons. The Morgan fingerprint density at radius 3 is 2.63 bits per heavy atom. The Balaban J connectivity index is 2.79. The summed E-state index contributed by atoms with van der Waals surface area (Å²) in [6.45, 7) is 6.12. The summed E-state index contributed by atoms with van der Waals surface area (Å²) in [6, 6.07) is 0.252. The van der Waals surface area contributed by atoms with Gasteiger partial charge in [-0.3, -0.25) is 0 Å². The summed E-state index contributed by atoms with van der Waals surface area (Å²) < 4.78 is 5.45. The summed E-state index contributed by atoms with van der Waals surface area (Å²) in [5.74, 6) is 0.752. The summed E-state index contributed by atoms with van der Waals surface area (Å²) >= 11 is 1.24. The zero-order valence-corrected chi connectivity index (χ0v) is 12.1. The Labute approximate surface area is 116 Å². The molecule has 0 aliphatic heterocycles. The van der Waals surface area contributed by atoms with Crippen LogP contribution in [0.15, 0.2) is 5.16 Å². The number of thioether (sulfide) groups is 1.